The van der Waals surface area contributed by atoms with Crippen LogP contribution in [0.15, 0.2) is 42.5 Å². The maximum absolute atomic E-state index is 11.8. The first-order valence-corrected chi connectivity index (χ1v) is 11.7. The van der Waals surface area contributed by atoms with Crippen LogP contribution in [-0.2, 0) is 9.53 Å². The fourth-order valence-corrected chi connectivity index (χ4v) is 4.16. The van der Waals surface area contributed by atoms with Crippen molar-refractivity contribution in [3.8, 4) is 11.5 Å². The Labute approximate surface area is 190 Å². The Morgan fingerprint density at radius 2 is 1.81 bits per heavy atom. The number of rotatable bonds is 6. The number of benzene rings is 2. The van der Waals surface area contributed by atoms with E-state index in [1.807, 2.05) is 42.2 Å². The summed E-state index contributed by atoms with van der Waals surface area (Å²) in [6.07, 6.45) is 4.27. The van der Waals surface area contributed by atoms with Crippen LogP contribution in [0.4, 0.5) is 5.69 Å². The van der Waals surface area contributed by atoms with Gasteiger partial charge in [0.15, 0.2) is 0 Å². The van der Waals surface area contributed by atoms with Crippen molar-refractivity contribution in [2.45, 2.75) is 38.5 Å². The van der Waals surface area contributed by atoms with E-state index in [9.17, 15) is 4.79 Å². The smallest absolute Gasteiger partial charge is 0.227 e. The molecule has 0 aromatic heterocycles. The Bertz CT molecular complexity index is 889. The van der Waals surface area contributed by atoms with Gasteiger partial charge in [0.2, 0.25) is 5.91 Å². The Morgan fingerprint density at radius 3 is 2.44 bits per heavy atom. The number of phenolic OH excluding ortho intramolecular Hbond substituents is 1. The van der Waals surface area contributed by atoms with Gasteiger partial charge in [-0.05, 0) is 73.6 Å². The van der Waals surface area contributed by atoms with Gasteiger partial charge in [0, 0.05) is 38.3 Å². The highest BCUT2D eigenvalue weighted by Crippen LogP contribution is 2.40. The van der Waals surface area contributed by atoms with E-state index in [0.717, 1.165) is 68.7 Å². The molecule has 0 atom stereocenters. The molecule has 1 N–H and O–H groups in total. The molecule has 32 heavy (non-hydrogen) atoms. The average molecular weight is 439 g/mol. The van der Waals surface area contributed by atoms with Gasteiger partial charge in [-0.2, -0.15) is 0 Å². The topological polar surface area (TPSA) is 62.2 Å². The van der Waals surface area contributed by atoms with Gasteiger partial charge in [0.25, 0.3) is 0 Å². The quantitative estimate of drug-likeness (QED) is 0.736. The predicted molar refractivity (Wildman–Crippen MR) is 126 cm³/mol. The van der Waals surface area contributed by atoms with Gasteiger partial charge < -0.3 is 19.5 Å². The van der Waals surface area contributed by atoms with Gasteiger partial charge in [0.1, 0.15) is 18.1 Å². The fraction of sp³-hybridized carbons (Fsp3) is 0.500. The molecule has 6 heteroatoms. The monoisotopic (exact) mass is 438 g/mol. The predicted octanol–water partition coefficient (Wildman–Crippen LogP) is 4.10. The standard InChI is InChI=1S/C17H24N2O3.C9H10O/c1-14-13-15(19-6-2-3-17(19)20)4-5-16(14)22-12-9-18-7-10-21-11-8-18;10-9-5-3-8(4-6-9)7-1-2-7/h4-5,13H,2-3,6-12H2,1H3;3-7,10H,1-2H2. The van der Waals surface area contributed by atoms with Crippen LogP contribution in [0.5, 0.6) is 11.5 Å². The van der Waals surface area contributed by atoms with E-state index in [1.165, 1.54) is 18.4 Å². The largest absolute Gasteiger partial charge is 0.508 e. The number of nitrogens with zero attached hydrogens (tertiary/aromatic N) is 2. The highest BCUT2D eigenvalue weighted by atomic mass is 16.5. The van der Waals surface area contributed by atoms with Gasteiger partial charge in [-0.1, -0.05) is 12.1 Å². The van der Waals surface area contributed by atoms with Crippen LogP contribution in [-0.4, -0.2) is 61.9 Å². The lowest BCUT2D eigenvalue weighted by atomic mass is 10.1. The van der Waals surface area contributed by atoms with Crippen LogP contribution in [0.1, 0.15) is 42.7 Å². The van der Waals surface area contributed by atoms with Crippen molar-refractivity contribution in [2.75, 3.05) is 50.9 Å². The zero-order valence-corrected chi connectivity index (χ0v) is 19.0. The number of phenols is 1. The van der Waals surface area contributed by atoms with Crippen LogP contribution >= 0.6 is 0 Å². The Hall–Kier alpha value is -2.57. The number of morpholine rings is 1. The van der Waals surface area contributed by atoms with Crippen LogP contribution < -0.4 is 9.64 Å². The van der Waals surface area contributed by atoms with Crippen molar-refractivity contribution in [2.24, 2.45) is 0 Å². The van der Waals surface area contributed by atoms with Gasteiger partial charge in [-0.3, -0.25) is 9.69 Å². The zero-order valence-electron chi connectivity index (χ0n) is 19.0. The van der Waals surface area contributed by atoms with E-state index in [1.54, 1.807) is 12.1 Å². The van der Waals surface area contributed by atoms with Gasteiger partial charge in [-0.25, -0.2) is 0 Å². The average Bonchev–Trinajstić information content (AvgIpc) is 3.57. The molecule has 2 aromatic carbocycles. The van der Waals surface area contributed by atoms with Crippen molar-refractivity contribution in [3.63, 3.8) is 0 Å². The molecule has 0 radical (unpaired) electrons. The molecule has 2 aliphatic heterocycles. The third kappa shape index (κ3) is 6.24. The third-order valence-corrected chi connectivity index (χ3v) is 6.25. The normalized spacial score (nSPS) is 18.9. The fourth-order valence-electron chi connectivity index (χ4n) is 4.16. The van der Waals surface area contributed by atoms with Crippen molar-refractivity contribution in [1.82, 2.24) is 4.90 Å². The summed E-state index contributed by atoms with van der Waals surface area (Å²) in [5, 5.41) is 8.96. The first-order chi connectivity index (χ1) is 15.6. The second-order valence-corrected chi connectivity index (χ2v) is 8.77. The van der Waals surface area contributed by atoms with E-state index in [0.29, 0.717) is 18.8 Å². The van der Waals surface area contributed by atoms with Gasteiger partial charge in [0.05, 0.1) is 13.2 Å². The second-order valence-electron chi connectivity index (χ2n) is 8.77. The summed E-state index contributed by atoms with van der Waals surface area (Å²) in [7, 11) is 0. The minimum Gasteiger partial charge on any atom is -0.508 e. The number of aryl methyl sites for hydroxylation is 1. The molecule has 0 unspecified atom stereocenters. The van der Waals surface area contributed by atoms with Crippen LogP contribution in [0.25, 0.3) is 0 Å². The Kier molecular flexibility index (Phi) is 7.66. The molecule has 1 aliphatic carbocycles. The summed E-state index contributed by atoms with van der Waals surface area (Å²) in [5.41, 5.74) is 3.44. The maximum Gasteiger partial charge on any atom is 0.227 e. The minimum absolute atomic E-state index is 0.223. The van der Waals surface area contributed by atoms with E-state index in [4.69, 9.17) is 14.6 Å². The van der Waals surface area contributed by atoms with Crippen LogP contribution in [0, 0.1) is 6.92 Å². The van der Waals surface area contributed by atoms with E-state index >= 15 is 0 Å². The SMILES string of the molecule is Cc1cc(N2CCCC2=O)ccc1OCCN1CCOCC1.Oc1ccc(C2CC2)cc1. The molecule has 5 rings (SSSR count). The number of carbonyl (C=O) groups excluding carboxylic acids is 1. The zero-order chi connectivity index (χ0) is 22.3. The molecular weight excluding hydrogens is 404 g/mol. The van der Waals surface area contributed by atoms with E-state index in [2.05, 4.69) is 4.90 Å². The second kappa shape index (κ2) is 10.8. The summed E-state index contributed by atoms with van der Waals surface area (Å²) in [5.74, 6) is 2.29. The highest BCUT2D eigenvalue weighted by Gasteiger charge is 2.23. The number of amides is 1. The lowest BCUT2D eigenvalue weighted by Gasteiger charge is -2.26. The summed E-state index contributed by atoms with van der Waals surface area (Å²) < 4.78 is 11.2. The van der Waals surface area contributed by atoms with Crippen molar-refractivity contribution in [1.29, 1.82) is 0 Å². The van der Waals surface area contributed by atoms with Gasteiger partial charge in [-0.15, -0.1) is 0 Å². The van der Waals surface area contributed by atoms with Crippen molar-refractivity contribution >= 4 is 11.6 Å². The molecule has 3 aliphatic rings. The molecule has 6 nitrogen and oxygen atoms in total. The number of anilines is 1. The lowest BCUT2D eigenvalue weighted by Crippen LogP contribution is -2.38. The molecule has 1 amide bonds. The van der Waals surface area contributed by atoms with Crippen LogP contribution in [0.3, 0.4) is 0 Å². The van der Waals surface area contributed by atoms with E-state index < -0.39 is 0 Å². The molecular formula is C26H34N2O4. The molecule has 3 fully saturated rings. The summed E-state index contributed by atoms with van der Waals surface area (Å²) >= 11 is 0. The molecule has 172 valence electrons. The number of ether oxygens (including phenoxy) is 2. The Morgan fingerprint density at radius 1 is 1.06 bits per heavy atom. The molecule has 0 spiro atoms. The first kappa shape index (κ1) is 22.6. The molecule has 2 heterocycles. The number of hydrogen-bond acceptors (Lipinski definition) is 5. The summed E-state index contributed by atoms with van der Waals surface area (Å²) in [4.78, 5) is 16.0. The van der Waals surface area contributed by atoms with Crippen LogP contribution in [0.2, 0.25) is 0 Å². The highest BCUT2D eigenvalue weighted by molar-refractivity contribution is 5.95. The molecule has 2 saturated heterocycles. The maximum atomic E-state index is 11.8. The number of carbonyl (C=O) groups is 1. The number of aromatic hydroxyl groups is 1. The lowest BCUT2D eigenvalue weighted by molar-refractivity contribution is -0.117. The molecule has 2 aromatic rings. The molecule has 1 saturated carbocycles. The number of hydrogen-bond donors (Lipinski definition) is 1. The summed E-state index contributed by atoms with van der Waals surface area (Å²) in [6, 6.07) is 13.5. The Balaban J connectivity index is 0.000000203. The van der Waals surface area contributed by atoms with Gasteiger partial charge >= 0.3 is 0 Å². The van der Waals surface area contributed by atoms with Crippen molar-refractivity contribution < 1.29 is 19.4 Å². The minimum atomic E-state index is 0.223. The third-order valence-electron chi connectivity index (χ3n) is 6.25. The first-order valence-electron chi connectivity index (χ1n) is 11.7. The molecule has 0 bridgehead atoms. The summed E-state index contributed by atoms with van der Waals surface area (Å²) in [6.45, 7) is 8.08. The van der Waals surface area contributed by atoms with E-state index in [-0.39, 0.29) is 5.91 Å². The van der Waals surface area contributed by atoms with Crippen molar-refractivity contribution in [3.05, 3.63) is 53.6 Å².